The summed E-state index contributed by atoms with van der Waals surface area (Å²) in [6.45, 7) is 5.56. The summed E-state index contributed by atoms with van der Waals surface area (Å²) in [6, 6.07) is 26.2. The number of carbonyl (C=O) groups is 1. The van der Waals surface area contributed by atoms with E-state index in [9.17, 15) is 13.2 Å². The predicted molar refractivity (Wildman–Crippen MR) is 141 cm³/mol. The smallest absolute Gasteiger partial charge is 0.253 e. The zero-order chi connectivity index (χ0) is 25.1. The monoisotopic (exact) mass is 503 g/mol. The van der Waals surface area contributed by atoms with Crippen LogP contribution in [0.2, 0.25) is 0 Å². The summed E-state index contributed by atoms with van der Waals surface area (Å²) in [6.07, 6.45) is 1.77. The number of aryl methyl sites for hydroxylation is 1. The summed E-state index contributed by atoms with van der Waals surface area (Å²) in [7, 11) is -3.58. The predicted octanol–water partition coefficient (Wildman–Crippen LogP) is 4.33. The molecule has 3 aromatic carbocycles. The minimum atomic E-state index is -3.58. The van der Waals surface area contributed by atoms with Gasteiger partial charge < -0.3 is 4.90 Å². The molecule has 2 heterocycles. The second-order valence-corrected chi connectivity index (χ2v) is 11.5. The number of piperazine rings is 1. The van der Waals surface area contributed by atoms with Crippen LogP contribution in [0.3, 0.4) is 0 Å². The molecule has 2 saturated heterocycles. The quantitative estimate of drug-likeness (QED) is 0.503. The van der Waals surface area contributed by atoms with Gasteiger partial charge >= 0.3 is 0 Å². The van der Waals surface area contributed by atoms with Crippen molar-refractivity contribution in [3.8, 4) is 0 Å². The largest absolute Gasteiger partial charge is 0.336 e. The molecule has 5 rings (SSSR count). The van der Waals surface area contributed by atoms with Crippen LogP contribution in [0, 0.1) is 6.92 Å². The van der Waals surface area contributed by atoms with Crippen LogP contribution >= 0.6 is 0 Å². The van der Waals surface area contributed by atoms with E-state index in [-0.39, 0.29) is 16.8 Å². The van der Waals surface area contributed by atoms with Crippen LogP contribution in [0.5, 0.6) is 0 Å². The summed E-state index contributed by atoms with van der Waals surface area (Å²) >= 11 is 0. The fourth-order valence-corrected chi connectivity index (χ4v) is 7.10. The molecule has 0 saturated carbocycles. The maximum Gasteiger partial charge on any atom is 0.253 e. The van der Waals surface area contributed by atoms with Crippen molar-refractivity contribution in [2.45, 2.75) is 30.7 Å². The van der Waals surface area contributed by atoms with Gasteiger partial charge in [0.15, 0.2) is 0 Å². The normalized spacial score (nSPS) is 17.6. The molecular formula is C29H33N3O3S. The van der Waals surface area contributed by atoms with Crippen molar-refractivity contribution >= 4 is 15.9 Å². The molecule has 2 aliphatic heterocycles. The van der Waals surface area contributed by atoms with Gasteiger partial charge in [-0.2, -0.15) is 4.31 Å². The molecule has 0 aromatic heterocycles. The molecule has 0 aliphatic carbocycles. The van der Waals surface area contributed by atoms with Crippen molar-refractivity contribution in [1.29, 1.82) is 0 Å². The van der Waals surface area contributed by atoms with E-state index in [4.69, 9.17) is 0 Å². The lowest BCUT2D eigenvalue weighted by molar-refractivity contribution is 0.0597. The van der Waals surface area contributed by atoms with E-state index >= 15 is 0 Å². The molecule has 36 heavy (non-hydrogen) atoms. The second kappa shape index (κ2) is 10.5. The van der Waals surface area contributed by atoms with E-state index in [1.165, 1.54) is 15.4 Å². The average Bonchev–Trinajstić information content (AvgIpc) is 3.47. The Bertz CT molecular complexity index is 1260. The van der Waals surface area contributed by atoms with Crippen LogP contribution in [0.1, 0.15) is 45.9 Å². The lowest BCUT2D eigenvalue weighted by atomic mass is 9.96. The van der Waals surface area contributed by atoms with Crippen molar-refractivity contribution in [3.05, 3.63) is 101 Å². The van der Waals surface area contributed by atoms with Crippen LogP contribution < -0.4 is 0 Å². The van der Waals surface area contributed by atoms with Gasteiger partial charge in [-0.05, 0) is 48.6 Å². The molecule has 0 radical (unpaired) electrons. The van der Waals surface area contributed by atoms with Crippen LogP contribution in [0.4, 0.5) is 0 Å². The van der Waals surface area contributed by atoms with Gasteiger partial charge in [0.1, 0.15) is 0 Å². The van der Waals surface area contributed by atoms with Gasteiger partial charge in [0, 0.05) is 44.8 Å². The van der Waals surface area contributed by atoms with E-state index in [2.05, 4.69) is 53.4 Å². The highest BCUT2D eigenvalue weighted by atomic mass is 32.2. The lowest BCUT2D eigenvalue weighted by Crippen LogP contribution is -2.49. The number of benzene rings is 3. The molecular weight excluding hydrogens is 470 g/mol. The Morgan fingerprint density at radius 2 is 1.31 bits per heavy atom. The Morgan fingerprint density at radius 1 is 0.750 bits per heavy atom. The Balaban J connectivity index is 1.33. The standard InChI is InChI=1S/C29H33N3O3S/c1-23-14-15-26(22-27(23)36(34,35)32-16-8-9-17-32)29(33)31-20-18-30(19-21-31)28(24-10-4-2-5-11-24)25-12-6-3-7-13-25/h2-7,10-15,22,28H,8-9,16-21H2,1H3. The highest BCUT2D eigenvalue weighted by Crippen LogP contribution is 2.30. The van der Waals surface area contributed by atoms with Crippen molar-refractivity contribution in [3.63, 3.8) is 0 Å². The topological polar surface area (TPSA) is 60.9 Å². The molecule has 7 heteroatoms. The van der Waals surface area contributed by atoms with Gasteiger partial charge in [-0.3, -0.25) is 9.69 Å². The fraction of sp³-hybridized carbons (Fsp3) is 0.345. The summed E-state index contributed by atoms with van der Waals surface area (Å²) in [5, 5.41) is 0. The summed E-state index contributed by atoms with van der Waals surface area (Å²) in [5.41, 5.74) is 3.59. The number of amides is 1. The van der Waals surface area contributed by atoms with E-state index in [0.717, 1.165) is 25.9 Å². The Hall–Kier alpha value is -3.00. The Morgan fingerprint density at radius 3 is 1.86 bits per heavy atom. The highest BCUT2D eigenvalue weighted by molar-refractivity contribution is 7.89. The third kappa shape index (κ3) is 4.96. The van der Waals surface area contributed by atoms with E-state index in [0.29, 0.717) is 37.3 Å². The summed E-state index contributed by atoms with van der Waals surface area (Å²) in [4.78, 5) is 18.0. The van der Waals surface area contributed by atoms with Crippen molar-refractivity contribution in [2.75, 3.05) is 39.3 Å². The van der Waals surface area contributed by atoms with Gasteiger partial charge in [0.2, 0.25) is 10.0 Å². The zero-order valence-corrected chi connectivity index (χ0v) is 21.5. The molecule has 3 aromatic rings. The SMILES string of the molecule is Cc1ccc(C(=O)N2CCN(C(c3ccccc3)c3ccccc3)CC2)cc1S(=O)(=O)N1CCCC1. The van der Waals surface area contributed by atoms with Gasteiger partial charge in [-0.15, -0.1) is 0 Å². The third-order valence-corrected chi connectivity index (χ3v) is 9.36. The van der Waals surface area contributed by atoms with Crippen LogP contribution in [0.15, 0.2) is 83.8 Å². The van der Waals surface area contributed by atoms with E-state index in [1.807, 2.05) is 17.0 Å². The van der Waals surface area contributed by atoms with Gasteiger partial charge in [0.25, 0.3) is 5.91 Å². The molecule has 0 atom stereocenters. The molecule has 0 spiro atoms. The number of nitrogens with zero attached hydrogens (tertiary/aromatic N) is 3. The van der Waals surface area contributed by atoms with E-state index in [1.54, 1.807) is 25.1 Å². The van der Waals surface area contributed by atoms with Gasteiger partial charge in [-0.25, -0.2) is 8.42 Å². The Labute approximate surface area is 214 Å². The number of hydrogen-bond acceptors (Lipinski definition) is 4. The fourth-order valence-electron chi connectivity index (χ4n) is 5.33. The maximum atomic E-state index is 13.4. The van der Waals surface area contributed by atoms with E-state index < -0.39 is 10.0 Å². The highest BCUT2D eigenvalue weighted by Gasteiger charge is 2.31. The second-order valence-electron chi connectivity index (χ2n) is 9.64. The molecule has 188 valence electrons. The molecule has 1 amide bonds. The molecule has 0 bridgehead atoms. The third-order valence-electron chi connectivity index (χ3n) is 7.32. The van der Waals surface area contributed by atoms with Crippen molar-refractivity contribution < 1.29 is 13.2 Å². The van der Waals surface area contributed by atoms with Crippen LogP contribution in [-0.2, 0) is 10.0 Å². The number of sulfonamides is 1. The first-order valence-electron chi connectivity index (χ1n) is 12.7. The van der Waals surface area contributed by atoms with Crippen molar-refractivity contribution in [2.24, 2.45) is 0 Å². The summed E-state index contributed by atoms with van der Waals surface area (Å²) in [5.74, 6) is -0.108. The minimum Gasteiger partial charge on any atom is -0.336 e. The zero-order valence-electron chi connectivity index (χ0n) is 20.7. The molecule has 0 unspecified atom stereocenters. The minimum absolute atomic E-state index is 0.108. The van der Waals surface area contributed by atoms with Crippen molar-refractivity contribution in [1.82, 2.24) is 14.1 Å². The number of carbonyl (C=O) groups excluding carboxylic acids is 1. The first kappa shape index (κ1) is 24.7. The van der Waals surface area contributed by atoms with Gasteiger partial charge in [0.05, 0.1) is 10.9 Å². The number of rotatable bonds is 6. The maximum absolute atomic E-state index is 13.4. The molecule has 2 aliphatic rings. The van der Waals surface area contributed by atoms with Crippen LogP contribution in [-0.4, -0.2) is 67.7 Å². The average molecular weight is 504 g/mol. The first-order valence-corrected chi connectivity index (χ1v) is 14.1. The summed E-state index contributed by atoms with van der Waals surface area (Å²) < 4.78 is 27.9. The van der Waals surface area contributed by atoms with Crippen LogP contribution in [0.25, 0.3) is 0 Å². The van der Waals surface area contributed by atoms with Gasteiger partial charge in [-0.1, -0.05) is 66.7 Å². The number of hydrogen-bond donors (Lipinski definition) is 0. The molecule has 2 fully saturated rings. The molecule has 0 N–H and O–H groups in total. The Kier molecular flexibility index (Phi) is 7.23. The lowest BCUT2D eigenvalue weighted by Gasteiger charge is -2.40. The first-order chi connectivity index (χ1) is 17.4. The molecule has 6 nitrogen and oxygen atoms in total.